The third kappa shape index (κ3) is 5.33. The highest BCUT2D eigenvalue weighted by Crippen LogP contribution is 2.41. The molecule has 1 N–H and O–H groups in total. The molecule has 2 atom stereocenters. The summed E-state index contributed by atoms with van der Waals surface area (Å²) in [5.41, 5.74) is 3.96. The number of hydrogen-bond acceptors (Lipinski definition) is 4. The van der Waals surface area contributed by atoms with Gasteiger partial charge in [-0.05, 0) is 53.5 Å². The van der Waals surface area contributed by atoms with Crippen LogP contribution in [0.2, 0.25) is 5.02 Å². The van der Waals surface area contributed by atoms with Gasteiger partial charge in [0.25, 0.3) is 5.91 Å². The van der Waals surface area contributed by atoms with Gasteiger partial charge in [0.2, 0.25) is 5.91 Å². The van der Waals surface area contributed by atoms with Crippen molar-refractivity contribution in [3.8, 4) is 0 Å². The second-order valence-electron chi connectivity index (χ2n) is 9.16. The van der Waals surface area contributed by atoms with Gasteiger partial charge in [-0.3, -0.25) is 14.4 Å². The minimum atomic E-state index is -0.957. The maximum absolute atomic E-state index is 13.5. The Bertz CT molecular complexity index is 1460. The first kappa shape index (κ1) is 26.0. The van der Waals surface area contributed by atoms with Crippen molar-refractivity contribution in [3.05, 3.63) is 99.0 Å². The zero-order valence-electron chi connectivity index (χ0n) is 20.2. The van der Waals surface area contributed by atoms with Crippen LogP contribution < -0.4 is 0 Å². The van der Waals surface area contributed by atoms with E-state index in [0.717, 1.165) is 21.2 Å². The molecule has 2 heterocycles. The van der Waals surface area contributed by atoms with Crippen LogP contribution in [0.15, 0.2) is 93.0 Å². The van der Waals surface area contributed by atoms with E-state index in [1.807, 2.05) is 60.7 Å². The van der Waals surface area contributed by atoms with Crippen LogP contribution in [0.4, 0.5) is 0 Å². The predicted octanol–water partition coefficient (Wildman–Crippen LogP) is 6.16. The van der Waals surface area contributed by atoms with Crippen LogP contribution >= 0.6 is 27.5 Å². The summed E-state index contributed by atoms with van der Waals surface area (Å²) in [6, 6.07) is 14.5. The minimum absolute atomic E-state index is 0.0333. The molecule has 38 heavy (non-hydrogen) atoms. The molecule has 5 rings (SSSR count). The molecule has 0 radical (unpaired) electrons. The molecule has 0 saturated heterocycles. The number of aliphatic imine (C=N–C) groups is 1. The van der Waals surface area contributed by atoms with Crippen molar-refractivity contribution >= 4 is 62.3 Å². The summed E-state index contributed by atoms with van der Waals surface area (Å²) in [6.45, 7) is 0. The number of aliphatic carboxylic acids is 1. The van der Waals surface area contributed by atoms with Crippen LogP contribution in [0, 0.1) is 5.92 Å². The number of carbonyl (C=O) groups is 3. The zero-order valence-corrected chi connectivity index (χ0v) is 22.5. The fraction of sp³-hybridized carbons (Fsp3) is 0.207. The van der Waals surface area contributed by atoms with Gasteiger partial charge in [-0.1, -0.05) is 70.0 Å². The molecule has 2 aromatic rings. The van der Waals surface area contributed by atoms with Gasteiger partial charge in [-0.25, -0.2) is 10.0 Å². The van der Waals surface area contributed by atoms with Gasteiger partial charge in [-0.2, -0.15) is 5.10 Å². The molecule has 192 valence electrons. The molecule has 2 aromatic carbocycles. The van der Waals surface area contributed by atoms with Crippen LogP contribution in [0.5, 0.6) is 0 Å². The van der Waals surface area contributed by atoms with Crippen molar-refractivity contribution in [2.45, 2.75) is 31.7 Å². The Morgan fingerprint density at radius 2 is 1.79 bits per heavy atom. The van der Waals surface area contributed by atoms with E-state index in [1.165, 1.54) is 5.01 Å². The smallest absolute Gasteiger partial charge is 0.303 e. The molecular formula is C29H23BrClN3O4. The van der Waals surface area contributed by atoms with Crippen LogP contribution in [0.3, 0.4) is 0 Å². The number of fused-ring (bicyclic) bond motifs is 1. The quantitative estimate of drug-likeness (QED) is 0.416. The Morgan fingerprint density at radius 3 is 2.50 bits per heavy atom. The number of carboxylic acid groups (broad SMARTS) is 1. The molecule has 0 fully saturated rings. The van der Waals surface area contributed by atoms with E-state index in [0.29, 0.717) is 28.4 Å². The van der Waals surface area contributed by atoms with Gasteiger partial charge in [0.15, 0.2) is 0 Å². The molecule has 7 nitrogen and oxygen atoms in total. The standard InChI is InChI=1S/C29H23BrClN3O4/c30-19-12-8-17(9-13-19)24-16-23(33-34(24)25(35)6-3-7-26(36)37)28-27(18-10-14-20(31)15-11-18)21-4-1-2-5-22(21)32-29(28)38/h1-2,4-5,8-15,21,24H,3,6-7,16H2,(H,36,37). The highest BCUT2D eigenvalue weighted by molar-refractivity contribution is 9.10. The average Bonchev–Trinajstić information content (AvgIpc) is 3.34. The first-order valence-corrected chi connectivity index (χ1v) is 13.3. The minimum Gasteiger partial charge on any atom is -0.481 e. The molecule has 0 spiro atoms. The molecule has 0 bridgehead atoms. The third-order valence-corrected chi connectivity index (χ3v) is 7.45. The fourth-order valence-corrected chi connectivity index (χ4v) is 5.29. The summed E-state index contributed by atoms with van der Waals surface area (Å²) in [6.07, 6.45) is 8.04. The molecule has 2 unspecified atom stereocenters. The number of rotatable bonds is 7. The summed E-state index contributed by atoms with van der Waals surface area (Å²) < 4.78 is 0.897. The van der Waals surface area contributed by atoms with E-state index in [1.54, 1.807) is 12.1 Å². The number of hydrogen-bond donors (Lipinski definition) is 1. The molecule has 9 heteroatoms. The Morgan fingerprint density at radius 1 is 1.05 bits per heavy atom. The fourth-order valence-electron chi connectivity index (χ4n) is 4.90. The zero-order chi connectivity index (χ0) is 26.8. The van der Waals surface area contributed by atoms with Gasteiger partial charge < -0.3 is 5.11 Å². The summed E-state index contributed by atoms with van der Waals surface area (Å²) in [5, 5.41) is 15.7. The lowest BCUT2D eigenvalue weighted by Crippen LogP contribution is -2.27. The maximum atomic E-state index is 13.5. The van der Waals surface area contributed by atoms with Crippen molar-refractivity contribution in [2.24, 2.45) is 16.0 Å². The van der Waals surface area contributed by atoms with Gasteiger partial charge in [0, 0.05) is 34.7 Å². The van der Waals surface area contributed by atoms with Gasteiger partial charge >= 0.3 is 5.97 Å². The maximum Gasteiger partial charge on any atom is 0.303 e. The van der Waals surface area contributed by atoms with Crippen LogP contribution in [0.25, 0.3) is 5.57 Å². The van der Waals surface area contributed by atoms with Crippen LogP contribution in [0.1, 0.15) is 42.9 Å². The molecule has 0 saturated carbocycles. The largest absolute Gasteiger partial charge is 0.481 e. The van der Waals surface area contributed by atoms with Gasteiger partial charge in [0.1, 0.15) is 0 Å². The van der Waals surface area contributed by atoms with E-state index in [-0.39, 0.29) is 31.1 Å². The number of carbonyl (C=O) groups excluding carboxylic acids is 2. The van der Waals surface area contributed by atoms with Crippen molar-refractivity contribution < 1.29 is 19.5 Å². The van der Waals surface area contributed by atoms with Crippen LogP contribution in [-0.2, 0) is 14.4 Å². The SMILES string of the molecule is O=C(O)CCCC(=O)N1N=C(C2=C(c3ccc(Cl)cc3)C3C=CC=CC3=NC2=O)CC1c1ccc(Br)cc1. The number of nitrogens with zero attached hydrogens (tertiary/aromatic N) is 3. The monoisotopic (exact) mass is 591 g/mol. The van der Waals surface area contributed by atoms with E-state index >= 15 is 0 Å². The summed E-state index contributed by atoms with van der Waals surface area (Å²) >= 11 is 9.60. The number of carboxylic acids is 1. The lowest BCUT2D eigenvalue weighted by Gasteiger charge is -2.26. The highest BCUT2D eigenvalue weighted by atomic mass is 79.9. The first-order valence-electron chi connectivity index (χ1n) is 12.2. The summed E-state index contributed by atoms with van der Waals surface area (Å²) in [7, 11) is 0. The third-order valence-electron chi connectivity index (χ3n) is 6.67. The van der Waals surface area contributed by atoms with Crippen molar-refractivity contribution in [2.75, 3.05) is 0 Å². The second kappa shape index (κ2) is 11.0. The molecule has 2 amide bonds. The Labute approximate surface area is 233 Å². The number of dihydropyridines is 1. The van der Waals surface area contributed by atoms with E-state index in [4.69, 9.17) is 21.8 Å². The number of benzene rings is 2. The van der Waals surface area contributed by atoms with E-state index < -0.39 is 17.9 Å². The second-order valence-corrected chi connectivity index (χ2v) is 10.5. The molecule has 3 aliphatic rings. The van der Waals surface area contributed by atoms with Crippen molar-refractivity contribution in [1.82, 2.24) is 5.01 Å². The van der Waals surface area contributed by atoms with Crippen molar-refractivity contribution in [1.29, 1.82) is 0 Å². The molecule has 0 aromatic heterocycles. The Kier molecular flexibility index (Phi) is 7.53. The van der Waals surface area contributed by atoms with Gasteiger partial charge in [0.05, 0.1) is 23.0 Å². The van der Waals surface area contributed by atoms with Crippen LogP contribution in [-0.4, -0.2) is 39.3 Å². The Balaban J connectivity index is 1.59. The predicted molar refractivity (Wildman–Crippen MR) is 150 cm³/mol. The summed E-state index contributed by atoms with van der Waals surface area (Å²) in [5.74, 6) is -1.91. The molecular weight excluding hydrogens is 570 g/mol. The number of halogens is 2. The molecule has 1 aliphatic carbocycles. The average molecular weight is 593 g/mol. The number of hydrazone groups is 1. The van der Waals surface area contributed by atoms with Crippen molar-refractivity contribution in [3.63, 3.8) is 0 Å². The molecule has 2 aliphatic heterocycles. The summed E-state index contributed by atoms with van der Waals surface area (Å²) in [4.78, 5) is 42.1. The highest BCUT2D eigenvalue weighted by Gasteiger charge is 2.39. The number of allylic oxidation sites excluding steroid dienone is 5. The topological polar surface area (TPSA) is 99.4 Å². The first-order chi connectivity index (χ1) is 18.3. The van der Waals surface area contributed by atoms with E-state index in [9.17, 15) is 14.4 Å². The lowest BCUT2D eigenvalue weighted by molar-refractivity contribution is -0.137. The lowest BCUT2D eigenvalue weighted by atomic mass is 9.79. The van der Waals surface area contributed by atoms with E-state index in [2.05, 4.69) is 20.9 Å². The van der Waals surface area contributed by atoms with Gasteiger partial charge in [-0.15, -0.1) is 0 Å². The number of amides is 2. The normalized spacial score (nSPS) is 20.4. The Hall–Kier alpha value is -3.62.